The number of rotatable bonds is 4. The first-order chi connectivity index (χ1) is 11.1. The van der Waals surface area contributed by atoms with Gasteiger partial charge in [0.05, 0.1) is 12.2 Å². The van der Waals surface area contributed by atoms with Crippen molar-refractivity contribution in [2.75, 3.05) is 19.7 Å². The maximum atomic E-state index is 13.0. The molecule has 1 aromatic heterocycles. The highest BCUT2D eigenvalue weighted by molar-refractivity contribution is 5.80. The summed E-state index contributed by atoms with van der Waals surface area (Å²) in [7, 11) is 0. The fourth-order valence-electron chi connectivity index (χ4n) is 2.86. The summed E-state index contributed by atoms with van der Waals surface area (Å²) in [5, 5.41) is 11.3. The molecule has 0 bridgehead atoms. The quantitative estimate of drug-likeness (QED) is 0.844. The number of nitrogens with zero attached hydrogens (tertiary/aromatic N) is 5. The lowest BCUT2D eigenvalue weighted by Gasteiger charge is -2.39. The first-order valence-corrected chi connectivity index (χ1v) is 7.74. The smallest absolute Gasteiger partial charge is 0.248 e. The van der Waals surface area contributed by atoms with Gasteiger partial charge in [0.2, 0.25) is 5.91 Å². The second-order valence-corrected chi connectivity index (χ2v) is 6.36. The minimum Gasteiger partial charge on any atom is -0.372 e. The number of aromatic nitrogens is 4. The maximum Gasteiger partial charge on any atom is 0.248 e. The fourth-order valence-corrected chi connectivity index (χ4v) is 2.86. The molecule has 1 saturated heterocycles. The van der Waals surface area contributed by atoms with Crippen LogP contribution in [0.15, 0.2) is 36.7 Å². The molecule has 1 unspecified atom stereocenters. The number of benzene rings is 1. The summed E-state index contributed by atoms with van der Waals surface area (Å²) in [6.07, 6.45) is 2.06. The number of ether oxygens (including phenoxy) is 1. The number of tetrazole rings is 1. The standard InChI is InChI=1S/C16H21N5O2/c1-16(2)11-20(8-9-23-16)15(22)14(21-12-17-18-19-21)10-13-6-4-3-5-7-13/h3-7,12,14H,8-11H2,1-2H3. The van der Waals surface area contributed by atoms with E-state index in [4.69, 9.17) is 4.74 Å². The Morgan fingerprint density at radius 1 is 1.35 bits per heavy atom. The van der Waals surface area contributed by atoms with Crippen molar-refractivity contribution in [1.82, 2.24) is 25.1 Å². The van der Waals surface area contributed by atoms with Crippen LogP contribution in [-0.4, -0.2) is 56.3 Å². The van der Waals surface area contributed by atoms with Crippen molar-refractivity contribution in [3.8, 4) is 0 Å². The van der Waals surface area contributed by atoms with Gasteiger partial charge >= 0.3 is 0 Å². The van der Waals surface area contributed by atoms with Crippen molar-refractivity contribution in [3.63, 3.8) is 0 Å². The van der Waals surface area contributed by atoms with Gasteiger partial charge in [-0.05, 0) is 29.8 Å². The molecule has 3 rings (SSSR count). The van der Waals surface area contributed by atoms with Crippen LogP contribution < -0.4 is 0 Å². The Balaban J connectivity index is 1.82. The lowest BCUT2D eigenvalue weighted by molar-refractivity contribution is -0.149. The average Bonchev–Trinajstić information content (AvgIpc) is 3.06. The van der Waals surface area contributed by atoms with Gasteiger partial charge in [-0.3, -0.25) is 4.79 Å². The maximum absolute atomic E-state index is 13.0. The Kier molecular flexibility index (Phi) is 4.38. The Morgan fingerprint density at radius 2 is 2.13 bits per heavy atom. The van der Waals surface area contributed by atoms with Crippen molar-refractivity contribution in [3.05, 3.63) is 42.2 Å². The highest BCUT2D eigenvalue weighted by Crippen LogP contribution is 2.21. The molecule has 7 heteroatoms. The van der Waals surface area contributed by atoms with Gasteiger partial charge in [0.1, 0.15) is 12.4 Å². The van der Waals surface area contributed by atoms with E-state index in [-0.39, 0.29) is 11.5 Å². The van der Waals surface area contributed by atoms with Gasteiger partial charge in [0.25, 0.3) is 0 Å². The molecule has 1 atom stereocenters. The number of hydrogen-bond donors (Lipinski definition) is 0. The van der Waals surface area contributed by atoms with Crippen LogP contribution in [0.4, 0.5) is 0 Å². The minimum absolute atomic E-state index is 0.0255. The summed E-state index contributed by atoms with van der Waals surface area (Å²) in [6.45, 7) is 5.70. The third kappa shape index (κ3) is 3.73. The van der Waals surface area contributed by atoms with Gasteiger partial charge < -0.3 is 9.64 Å². The fraction of sp³-hybridized carbons (Fsp3) is 0.500. The molecule has 2 aromatic rings. The molecular weight excluding hydrogens is 294 g/mol. The van der Waals surface area contributed by atoms with Crippen molar-refractivity contribution >= 4 is 5.91 Å². The Hall–Kier alpha value is -2.28. The molecule has 1 amide bonds. The summed E-state index contributed by atoms with van der Waals surface area (Å²) >= 11 is 0. The van der Waals surface area contributed by atoms with Gasteiger partial charge in [0, 0.05) is 19.5 Å². The van der Waals surface area contributed by atoms with E-state index in [9.17, 15) is 4.79 Å². The predicted molar refractivity (Wildman–Crippen MR) is 83.6 cm³/mol. The molecule has 2 heterocycles. The van der Waals surface area contributed by atoms with Gasteiger partial charge in [-0.25, -0.2) is 4.68 Å². The first-order valence-electron chi connectivity index (χ1n) is 7.74. The van der Waals surface area contributed by atoms with Crippen LogP contribution in [0.2, 0.25) is 0 Å². The van der Waals surface area contributed by atoms with Crippen LogP contribution in [-0.2, 0) is 16.0 Å². The van der Waals surface area contributed by atoms with Crippen molar-refractivity contribution in [2.24, 2.45) is 0 Å². The zero-order valence-corrected chi connectivity index (χ0v) is 13.4. The van der Waals surface area contributed by atoms with Crippen LogP contribution in [0.1, 0.15) is 25.5 Å². The van der Waals surface area contributed by atoms with Crippen molar-refractivity contribution in [1.29, 1.82) is 0 Å². The molecule has 0 spiro atoms. The molecule has 1 aromatic carbocycles. The summed E-state index contributed by atoms with van der Waals surface area (Å²) in [6, 6.07) is 9.47. The average molecular weight is 315 g/mol. The van der Waals surface area contributed by atoms with E-state index < -0.39 is 6.04 Å². The molecule has 0 aliphatic carbocycles. The largest absolute Gasteiger partial charge is 0.372 e. The van der Waals surface area contributed by atoms with Gasteiger partial charge in [-0.15, -0.1) is 5.10 Å². The molecule has 0 radical (unpaired) electrons. The lowest BCUT2D eigenvalue weighted by atomic mass is 10.0. The van der Waals surface area contributed by atoms with E-state index >= 15 is 0 Å². The topological polar surface area (TPSA) is 73.1 Å². The number of amides is 1. The number of hydrogen-bond acceptors (Lipinski definition) is 5. The first kappa shape index (κ1) is 15.6. The predicted octanol–water partition coefficient (Wildman–Crippen LogP) is 1.09. The summed E-state index contributed by atoms with van der Waals surface area (Å²) < 4.78 is 7.23. The molecule has 7 nitrogen and oxygen atoms in total. The number of morpholine rings is 1. The molecule has 23 heavy (non-hydrogen) atoms. The number of carbonyl (C=O) groups excluding carboxylic acids is 1. The van der Waals surface area contributed by atoms with E-state index in [1.54, 1.807) is 0 Å². The zero-order chi connectivity index (χ0) is 16.3. The van der Waals surface area contributed by atoms with E-state index in [0.29, 0.717) is 26.1 Å². The SMILES string of the molecule is CC1(C)CN(C(=O)C(Cc2ccccc2)n2cnnn2)CCO1. The van der Waals surface area contributed by atoms with Crippen molar-refractivity contribution < 1.29 is 9.53 Å². The molecule has 1 aliphatic rings. The van der Waals surface area contributed by atoms with Crippen LogP contribution in [0.25, 0.3) is 0 Å². The third-order valence-electron chi connectivity index (χ3n) is 3.98. The van der Waals surface area contributed by atoms with Crippen LogP contribution in [0, 0.1) is 0 Å². The molecule has 0 N–H and O–H groups in total. The second kappa shape index (κ2) is 6.45. The number of carbonyl (C=O) groups is 1. The normalized spacial score (nSPS) is 18.6. The van der Waals surface area contributed by atoms with E-state index in [1.807, 2.05) is 49.1 Å². The van der Waals surface area contributed by atoms with Crippen LogP contribution in [0.3, 0.4) is 0 Å². The van der Waals surface area contributed by atoms with E-state index in [0.717, 1.165) is 5.56 Å². The molecule has 1 aliphatic heterocycles. The molecule has 1 fully saturated rings. The van der Waals surface area contributed by atoms with Crippen molar-refractivity contribution in [2.45, 2.75) is 31.9 Å². The highest BCUT2D eigenvalue weighted by Gasteiger charge is 2.34. The van der Waals surface area contributed by atoms with Crippen LogP contribution in [0.5, 0.6) is 0 Å². The van der Waals surface area contributed by atoms with E-state index in [2.05, 4.69) is 15.5 Å². The summed E-state index contributed by atoms with van der Waals surface area (Å²) in [5.41, 5.74) is 0.750. The molecule has 0 saturated carbocycles. The third-order valence-corrected chi connectivity index (χ3v) is 3.98. The van der Waals surface area contributed by atoms with Gasteiger partial charge in [0.15, 0.2) is 0 Å². The summed E-state index contributed by atoms with van der Waals surface area (Å²) in [4.78, 5) is 14.9. The van der Waals surface area contributed by atoms with Gasteiger partial charge in [-0.2, -0.15) is 0 Å². The Morgan fingerprint density at radius 3 is 2.78 bits per heavy atom. The van der Waals surface area contributed by atoms with Crippen LogP contribution >= 0.6 is 0 Å². The highest BCUT2D eigenvalue weighted by atomic mass is 16.5. The minimum atomic E-state index is -0.443. The second-order valence-electron chi connectivity index (χ2n) is 6.36. The Bertz CT molecular complexity index is 642. The monoisotopic (exact) mass is 315 g/mol. The van der Waals surface area contributed by atoms with Gasteiger partial charge in [-0.1, -0.05) is 30.3 Å². The molecular formula is C16H21N5O2. The Labute approximate surface area is 135 Å². The molecule has 122 valence electrons. The lowest BCUT2D eigenvalue weighted by Crippen LogP contribution is -2.52. The summed E-state index contributed by atoms with van der Waals surface area (Å²) in [5.74, 6) is 0.0255. The zero-order valence-electron chi connectivity index (χ0n) is 13.4. The van der Waals surface area contributed by atoms with E-state index in [1.165, 1.54) is 11.0 Å².